The van der Waals surface area contributed by atoms with E-state index in [1.54, 1.807) is 62.5 Å². The summed E-state index contributed by atoms with van der Waals surface area (Å²) in [4.78, 5) is 62.1. The van der Waals surface area contributed by atoms with Crippen LogP contribution < -0.4 is 56.8 Å². The summed E-state index contributed by atoms with van der Waals surface area (Å²) in [5.41, 5.74) is 4.72. The maximum absolute atomic E-state index is 14.7. The quantitative estimate of drug-likeness (QED) is 0.0264. The van der Waals surface area contributed by atoms with E-state index in [4.69, 9.17) is 71.1 Å². The number of amides is 2. The molecule has 2 aliphatic heterocycles. The van der Waals surface area contributed by atoms with E-state index in [2.05, 4.69) is 0 Å². The zero-order chi connectivity index (χ0) is 69.4. The number of hydrogen-bond acceptors (Lipinski definition) is 19. The molecule has 524 valence electrons. The highest BCUT2D eigenvalue weighted by Gasteiger charge is 2.40. The van der Waals surface area contributed by atoms with Gasteiger partial charge in [0.05, 0.1) is 96.1 Å². The third kappa shape index (κ3) is 18.7. The molecule has 8 rings (SSSR count). The Labute approximate surface area is 570 Å². The predicted molar refractivity (Wildman–Crippen MR) is 365 cm³/mol. The van der Waals surface area contributed by atoms with Gasteiger partial charge in [-0.1, -0.05) is 50.2 Å². The summed E-state index contributed by atoms with van der Waals surface area (Å²) in [7, 11) is 15.6. The molecule has 2 saturated heterocycles. The van der Waals surface area contributed by atoms with Crippen LogP contribution >= 0.6 is 0 Å². The molecule has 2 fully saturated rings. The van der Waals surface area contributed by atoms with Gasteiger partial charge in [-0.05, 0) is 183 Å². The van der Waals surface area contributed by atoms with Crippen molar-refractivity contribution in [1.29, 1.82) is 0 Å². The van der Waals surface area contributed by atoms with E-state index in [1.165, 1.54) is 42.7 Å². The Morgan fingerprint density at radius 2 is 0.773 bits per heavy atom. The van der Waals surface area contributed by atoms with Crippen molar-refractivity contribution in [2.75, 3.05) is 111 Å². The van der Waals surface area contributed by atoms with Crippen LogP contribution in [-0.4, -0.2) is 156 Å². The van der Waals surface area contributed by atoms with Crippen molar-refractivity contribution in [3.63, 3.8) is 0 Å². The molecule has 0 saturated carbocycles. The molecule has 0 radical (unpaired) electrons. The second-order valence-corrected chi connectivity index (χ2v) is 23.7. The van der Waals surface area contributed by atoms with Gasteiger partial charge < -0.3 is 80.9 Å². The van der Waals surface area contributed by atoms with E-state index in [-0.39, 0.29) is 38.2 Å². The minimum Gasteiger partial charge on any atom is -0.493 e. The average molecular weight is 1340 g/mol. The van der Waals surface area contributed by atoms with Gasteiger partial charge in [-0.2, -0.15) is 0 Å². The monoisotopic (exact) mass is 1340 g/mol. The fourth-order valence-corrected chi connectivity index (χ4v) is 12.8. The van der Waals surface area contributed by atoms with Crippen LogP contribution in [0.4, 0.5) is 0 Å². The fourth-order valence-electron chi connectivity index (χ4n) is 12.8. The van der Waals surface area contributed by atoms with E-state index in [0.29, 0.717) is 145 Å². The average Bonchev–Trinajstić information content (AvgIpc) is 0.871. The normalized spacial score (nSPS) is 15.7. The molecule has 0 bridgehead atoms. The molecular weight excluding hydrogens is 1240 g/mol. The number of piperidine rings is 2. The minimum atomic E-state index is -0.810. The lowest BCUT2D eigenvalue weighted by molar-refractivity contribution is -0.162. The Kier molecular flexibility index (Phi) is 27.9. The Balaban J connectivity index is 0.919. The van der Waals surface area contributed by atoms with Gasteiger partial charge in [-0.3, -0.25) is 9.59 Å². The molecule has 2 amide bonds. The van der Waals surface area contributed by atoms with Crippen LogP contribution in [-0.2, 0) is 46.2 Å². The SMILES string of the molecule is CCC(C(=O)N1CCCC[C@H]1C(=O)OC(CCc1ccc(OC)c(OC)c1)c1cccc(OCCOCCOc2cccc(C(CCc3ccc(OC)c(OC)c3)OC(=O)[C@@H]3CCCCN3C(=O)C(CC)c3cc(OC)c(OC)c(OC)c3)c2)c1)c1cc(OC)c(OC)c(OC)c1. The van der Waals surface area contributed by atoms with E-state index in [9.17, 15) is 19.2 Å². The van der Waals surface area contributed by atoms with E-state index < -0.39 is 48.1 Å². The maximum atomic E-state index is 14.7. The molecule has 2 heterocycles. The standard InChI is InChI=1S/C76H96N2O19/c1-13-57(53-45-67(87-7)71(91-11)68(46-53)88-8)73(79)77-35-17-15-25-59(77)75(81)96-61(31-27-49-29-33-63(83-3)65(41-49)85-5)51-21-19-23-55(43-51)94-39-37-93-38-40-95-56-24-20-22-52(44-56)62(32-28-50-30-34-64(84-4)66(42-50)86-6)97-76(82)60-26-16-18-36-78(60)74(80)58(14-2)54-47-69(89-9)72(92-12)70(48-54)90-10/h19-24,29-30,33-34,41-48,57-62H,13-18,25-28,31-32,35-40H2,1-12H3/t57?,58?,59-,60-,61?,62?/m0/s1. The number of ether oxygens (including phenoxy) is 15. The van der Waals surface area contributed by atoms with E-state index in [1.807, 2.05) is 98.8 Å². The van der Waals surface area contributed by atoms with Crippen molar-refractivity contribution in [1.82, 2.24) is 9.80 Å². The Hall–Kier alpha value is -9.24. The number of esters is 2. The summed E-state index contributed by atoms with van der Waals surface area (Å²) in [6, 6.07) is 31.9. The number of benzene rings is 6. The number of hydrogen-bond donors (Lipinski definition) is 0. The summed E-state index contributed by atoms with van der Waals surface area (Å²) in [6.07, 6.45) is 5.26. The highest BCUT2D eigenvalue weighted by atomic mass is 16.6. The van der Waals surface area contributed by atoms with Gasteiger partial charge in [0.2, 0.25) is 23.3 Å². The van der Waals surface area contributed by atoms with Gasteiger partial charge in [0.1, 0.15) is 49.0 Å². The third-order valence-corrected chi connectivity index (χ3v) is 18.0. The smallest absolute Gasteiger partial charge is 0.329 e. The first-order valence-corrected chi connectivity index (χ1v) is 33.3. The molecule has 0 aliphatic carbocycles. The van der Waals surface area contributed by atoms with Gasteiger partial charge in [0, 0.05) is 13.1 Å². The first kappa shape index (κ1) is 73.6. The van der Waals surface area contributed by atoms with Crippen molar-refractivity contribution >= 4 is 23.8 Å². The van der Waals surface area contributed by atoms with Crippen LogP contribution in [0.3, 0.4) is 0 Å². The summed E-state index contributed by atoms with van der Waals surface area (Å²) < 4.78 is 87.5. The van der Waals surface area contributed by atoms with Gasteiger partial charge in [0.15, 0.2) is 46.0 Å². The molecule has 6 atom stereocenters. The Morgan fingerprint density at radius 3 is 1.11 bits per heavy atom. The van der Waals surface area contributed by atoms with Crippen molar-refractivity contribution in [2.24, 2.45) is 0 Å². The topological polar surface area (TPSA) is 213 Å². The highest BCUT2D eigenvalue weighted by Crippen LogP contribution is 2.44. The van der Waals surface area contributed by atoms with Crippen LogP contribution in [0.15, 0.2) is 109 Å². The number of likely N-dealkylation sites (tertiary alicyclic amines) is 2. The number of carbonyl (C=O) groups is 4. The first-order chi connectivity index (χ1) is 47.2. The van der Waals surface area contributed by atoms with Crippen LogP contribution in [0.5, 0.6) is 69.0 Å². The summed E-state index contributed by atoms with van der Waals surface area (Å²) in [6.45, 7) is 5.58. The van der Waals surface area contributed by atoms with Crippen molar-refractivity contribution in [3.8, 4) is 69.0 Å². The van der Waals surface area contributed by atoms with Gasteiger partial charge in [-0.15, -0.1) is 0 Å². The third-order valence-electron chi connectivity index (χ3n) is 18.0. The summed E-state index contributed by atoms with van der Waals surface area (Å²) in [5.74, 6) is 3.53. The van der Waals surface area contributed by atoms with Crippen LogP contribution in [0, 0.1) is 0 Å². The number of nitrogens with zero attached hydrogens (tertiary/aromatic N) is 2. The predicted octanol–water partition coefficient (Wildman–Crippen LogP) is 12.8. The Morgan fingerprint density at radius 1 is 0.402 bits per heavy atom. The van der Waals surface area contributed by atoms with E-state index in [0.717, 1.165) is 47.9 Å². The molecule has 4 unspecified atom stereocenters. The number of methoxy groups -OCH3 is 10. The lowest BCUT2D eigenvalue weighted by Crippen LogP contribution is -2.50. The van der Waals surface area contributed by atoms with Crippen molar-refractivity contribution < 1.29 is 90.2 Å². The molecule has 21 heteroatoms. The first-order valence-electron chi connectivity index (χ1n) is 33.3. The molecule has 97 heavy (non-hydrogen) atoms. The highest BCUT2D eigenvalue weighted by molar-refractivity contribution is 5.90. The fraction of sp³-hybridized carbons (Fsp3) is 0.474. The number of carbonyl (C=O) groups excluding carboxylic acids is 4. The van der Waals surface area contributed by atoms with E-state index >= 15 is 0 Å². The molecule has 6 aromatic rings. The molecule has 2 aliphatic rings. The summed E-state index contributed by atoms with van der Waals surface area (Å²) >= 11 is 0. The maximum Gasteiger partial charge on any atom is 0.329 e. The molecule has 0 spiro atoms. The second-order valence-electron chi connectivity index (χ2n) is 23.7. The largest absolute Gasteiger partial charge is 0.493 e. The number of rotatable bonds is 36. The van der Waals surface area contributed by atoms with Gasteiger partial charge in [0.25, 0.3) is 0 Å². The molecule has 6 aromatic carbocycles. The number of aryl methyl sites for hydroxylation is 2. The molecule has 0 aromatic heterocycles. The second kappa shape index (κ2) is 36.8. The van der Waals surface area contributed by atoms with Crippen molar-refractivity contribution in [2.45, 2.75) is 127 Å². The van der Waals surface area contributed by atoms with Crippen LogP contribution in [0.25, 0.3) is 0 Å². The summed E-state index contributed by atoms with van der Waals surface area (Å²) in [5, 5.41) is 0. The van der Waals surface area contributed by atoms with Crippen LogP contribution in [0.2, 0.25) is 0 Å². The zero-order valence-electron chi connectivity index (χ0n) is 58.2. The molecule has 21 nitrogen and oxygen atoms in total. The minimum absolute atomic E-state index is 0.182. The Bertz CT molecular complexity index is 3280. The lowest BCUT2D eigenvalue weighted by Gasteiger charge is -2.37. The molecule has 0 N–H and O–H groups in total. The van der Waals surface area contributed by atoms with Gasteiger partial charge in [-0.25, -0.2) is 9.59 Å². The van der Waals surface area contributed by atoms with Crippen molar-refractivity contribution in [3.05, 3.63) is 143 Å². The van der Waals surface area contributed by atoms with Gasteiger partial charge >= 0.3 is 11.9 Å². The van der Waals surface area contributed by atoms with Crippen LogP contribution in [0.1, 0.15) is 135 Å². The zero-order valence-corrected chi connectivity index (χ0v) is 58.2. The molecular formula is C76H96N2O19. The lowest BCUT2D eigenvalue weighted by atomic mass is 9.91.